The summed E-state index contributed by atoms with van der Waals surface area (Å²) in [6.45, 7) is 5.29. The van der Waals surface area contributed by atoms with Gasteiger partial charge in [0.1, 0.15) is 23.1 Å². The zero-order valence-electron chi connectivity index (χ0n) is 17.5. The average molecular weight is 407 g/mol. The summed E-state index contributed by atoms with van der Waals surface area (Å²) in [6, 6.07) is 10.5. The van der Waals surface area contributed by atoms with Crippen LogP contribution in [0.1, 0.15) is 50.9 Å². The molecule has 0 saturated carbocycles. The first-order valence-corrected chi connectivity index (χ1v) is 10.2. The number of methoxy groups -OCH3 is 1. The molecule has 0 bridgehead atoms. The highest BCUT2D eigenvalue weighted by Gasteiger charge is 2.24. The summed E-state index contributed by atoms with van der Waals surface area (Å²) in [5, 5.41) is 2.86. The molecule has 4 rings (SSSR count). The molecule has 1 aromatic heterocycles. The molecule has 0 radical (unpaired) electrons. The van der Waals surface area contributed by atoms with Crippen LogP contribution in [0.2, 0.25) is 0 Å². The van der Waals surface area contributed by atoms with Gasteiger partial charge in [0.05, 0.1) is 7.11 Å². The van der Waals surface area contributed by atoms with E-state index in [1.54, 1.807) is 19.2 Å². The Kier molecular flexibility index (Phi) is 5.57. The van der Waals surface area contributed by atoms with Crippen LogP contribution < -0.4 is 10.1 Å². The monoisotopic (exact) mass is 407 g/mol. The van der Waals surface area contributed by atoms with Crippen molar-refractivity contribution in [3.05, 3.63) is 82.2 Å². The Morgan fingerprint density at radius 3 is 2.60 bits per heavy atom. The van der Waals surface area contributed by atoms with Gasteiger partial charge in [0.25, 0.3) is 5.91 Å². The van der Waals surface area contributed by atoms with Crippen LogP contribution in [0.4, 0.5) is 4.39 Å². The number of hydrogen-bond acceptors (Lipinski definition) is 3. The van der Waals surface area contributed by atoms with Crippen molar-refractivity contribution >= 4 is 5.91 Å². The second-order valence-electron chi connectivity index (χ2n) is 7.93. The molecule has 6 heteroatoms. The number of aryl methyl sites for hydroxylation is 3. The summed E-state index contributed by atoms with van der Waals surface area (Å²) < 4.78 is 20.6. The van der Waals surface area contributed by atoms with E-state index in [9.17, 15) is 9.18 Å². The molecule has 0 spiro atoms. The predicted molar refractivity (Wildman–Crippen MR) is 113 cm³/mol. The van der Waals surface area contributed by atoms with Crippen molar-refractivity contribution in [2.75, 3.05) is 7.11 Å². The number of nitrogens with zero attached hydrogens (tertiary/aromatic N) is 2. The van der Waals surface area contributed by atoms with Crippen molar-refractivity contribution < 1.29 is 13.9 Å². The lowest BCUT2D eigenvalue weighted by atomic mass is 9.89. The zero-order chi connectivity index (χ0) is 21.3. The first-order valence-electron chi connectivity index (χ1n) is 10.2. The number of benzene rings is 2. The maximum atomic E-state index is 13.0. The number of carbonyl (C=O) groups is 1. The SMILES string of the molecule is COc1c(C)cc([C@@H]2CCc3nc(C(=O)NCc4ccc(F)cc4)cn3C2)cc1C. The lowest BCUT2D eigenvalue weighted by molar-refractivity contribution is 0.0946. The van der Waals surface area contributed by atoms with Crippen LogP contribution >= 0.6 is 0 Å². The molecule has 0 saturated heterocycles. The molecule has 1 atom stereocenters. The molecule has 0 aliphatic carbocycles. The standard InChI is InChI=1S/C24H26FN3O2/c1-15-10-19(11-16(2)23(15)30-3)18-6-9-22-27-21(14-28(22)13-18)24(29)26-12-17-4-7-20(25)8-5-17/h4-5,7-8,10-11,14,18H,6,9,12-13H2,1-3H3,(H,26,29)/t18-/m1/s1. The molecule has 3 aromatic rings. The molecule has 1 aliphatic rings. The van der Waals surface area contributed by atoms with E-state index >= 15 is 0 Å². The van der Waals surface area contributed by atoms with Gasteiger partial charge in [0.15, 0.2) is 0 Å². The van der Waals surface area contributed by atoms with Crippen molar-refractivity contribution in [2.24, 2.45) is 0 Å². The Labute approximate surface area is 175 Å². The highest BCUT2D eigenvalue weighted by molar-refractivity contribution is 5.92. The van der Waals surface area contributed by atoms with Crippen molar-refractivity contribution in [2.45, 2.75) is 45.7 Å². The quantitative estimate of drug-likeness (QED) is 0.686. The molecule has 2 aromatic carbocycles. The topological polar surface area (TPSA) is 56.1 Å². The van der Waals surface area contributed by atoms with Gasteiger partial charge in [-0.3, -0.25) is 4.79 Å². The second kappa shape index (κ2) is 8.30. The number of halogens is 1. The van der Waals surface area contributed by atoms with Gasteiger partial charge in [0, 0.05) is 31.6 Å². The maximum Gasteiger partial charge on any atom is 0.271 e. The van der Waals surface area contributed by atoms with Crippen molar-refractivity contribution in [3.8, 4) is 5.75 Å². The minimum absolute atomic E-state index is 0.214. The molecule has 0 unspecified atom stereocenters. The van der Waals surface area contributed by atoms with Crippen LogP contribution in [0.5, 0.6) is 5.75 Å². The number of ether oxygens (including phenoxy) is 1. The molecule has 1 amide bonds. The van der Waals surface area contributed by atoms with E-state index in [4.69, 9.17) is 4.74 Å². The summed E-state index contributed by atoms with van der Waals surface area (Å²) in [4.78, 5) is 17.1. The smallest absolute Gasteiger partial charge is 0.271 e. The molecule has 1 N–H and O–H groups in total. The first-order chi connectivity index (χ1) is 14.4. The number of rotatable bonds is 5. The summed E-state index contributed by atoms with van der Waals surface area (Å²) >= 11 is 0. The second-order valence-corrected chi connectivity index (χ2v) is 7.93. The third kappa shape index (κ3) is 4.08. The molecule has 2 heterocycles. The van der Waals surface area contributed by atoms with E-state index in [2.05, 4.69) is 40.8 Å². The van der Waals surface area contributed by atoms with Gasteiger partial charge in [-0.1, -0.05) is 24.3 Å². The number of amides is 1. The van der Waals surface area contributed by atoms with Crippen LogP contribution in [0.15, 0.2) is 42.6 Å². The fraction of sp³-hybridized carbons (Fsp3) is 0.333. The van der Waals surface area contributed by atoms with Crippen LogP contribution in [0.25, 0.3) is 0 Å². The highest BCUT2D eigenvalue weighted by atomic mass is 19.1. The molecule has 30 heavy (non-hydrogen) atoms. The summed E-state index contributed by atoms with van der Waals surface area (Å²) in [5.74, 6) is 1.76. The number of imidazole rings is 1. The summed E-state index contributed by atoms with van der Waals surface area (Å²) in [7, 11) is 1.70. The Morgan fingerprint density at radius 2 is 1.93 bits per heavy atom. The summed E-state index contributed by atoms with van der Waals surface area (Å²) in [5.41, 5.74) is 4.86. The van der Waals surface area contributed by atoms with E-state index in [0.717, 1.165) is 47.7 Å². The zero-order valence-corrected chi connectivity index (χ0v) is 17.5. The number of aromatic nitrogens is 2. The molecular weight excluding hydrogens is 381 g/mol. The van der Waals surface area contributed by atoms with Crippen LogP contribution in [-0.4, -0.2) is 22.6 Å². The van der Waals surface area contributed by atoms with Gasteiger partial charge in [-0.25, -0.2) is 9.37 Å². The lowest BCUT2D eigenvalue weighted by Gasteiger charge is -2.25. The van der Waals surface area contributed by atoms with Gasteiger partial charge in [-0.15, -0.1) is 0 Å². The van der Waals surface area contributed by atoms with E-state index in [1.807, 2.05) is 6.20 Å². The molecule has 0 fully saturated rings. The Morgan fingerprint density at radius 1 is 1.23 bits per heavy atom. The van der Waals surface area contributed by atoms with E-state index in [1.165, 1.54) is 17.7 Å². The minimum Gasteiger partial charge on any atom is -0.496 e. The van der Waals surface area contributed by atoms with Gasteiger partial charge in [0.2, 0.25) is 0 Å². The van der Waals surface area contributed by atoms with E-state index in [0.29, 0.717) is 18.2 Å². The van der Waals surface area contributed by atoms with Gasteiger partial charge in [-0.2, -0.15) is 0 Å². The number of carbonyl (C=O) groups excluding carboxylic acids is 1. The normalized spacial score (nSPS) is 15.5. The molecule has 5 nitrogen and oxygen atoms in total. The Bertz CT molecular complexity index is 1050. The predicted octanol–water partition coefficient (Wildman–Crippen LogP) is 4.31. The fourth-order valence-electron chi connectivity index (χ4n) is 4.24. The largest absolute Gasteiger partial charge is 0.496 e. The Hall–Kier alpha value is -3.15. The van der Waals surface area contributed by atoms with E-state index in [-0.39, 0.29) is 11.7 Å². The van der Waals surface area contributed by atoms with Crippen molar-refractivity contribution in [3.63, 3.8) is 0 Å². The van der Waals surface area contributed by atoms with Crippen LogP contribution in [-0.2, 0) is 19.5 Å². The number of nitrogens with one attached hydrogen (secondary N) is 1. The lowest BCUT2D eigenvalue weighted by Crippen LogP contribution is -2.23. The summed E-state index contributed by atoms with van der Waals surface area (Å²) in [6.07, 6.45) is 3.67. The highest BCUT2D eigenvalue weighted by Crippen LogP contribution is 2.33. The molecular formula is C24H26FN3O2. The van der Waals surface area contributed by atoms with Gasteiger partial charge >= 0.3 is 0 Å². The van der Waals surface area contributed by atoms with Gasteiger partial charge in [-0.05, 0) is 54.7 Å². The van der Waals surface area contributed by atoms with Crippen molar-refractivity contribution in [1.29, 1.82) is 0 Å². The number of fused-ring (bicyclic) bond motifs is 1. The van der Waals surface area contributed by atoms with E-state index < -0.39 is 0 Å². The van der Waals surface area contributed by atoms with Crippen molar-refractivity contribution in [1.82, 2.24) is 14.9 Å². The van der Waals surface area contributed by atoms with Crippen LogP contribution in [0, 0.1) is 19.7 Å². The van der Waals surface area contributed by atoms with Crippen LogP contribution in [0.3, 0.4) is 0 Å². The third-order valence-electron chi connectivity index (χ3n) is 5.75. The van der Waals surface area contributed by atoms with Gasteiger partial charge < -0.3 is 14.6 Å². The number of hydrogen-bond donors (Lipinski definition) is 1. The Balaban J connectivity index is 1.45. The molecule has 1 aliphatic heterocycles. The molecule has 156 valence electrons. The minimum atomic E-state index is -0.288. The first kappa shape index (κ1) is 20.1. The fourth-order valence-corrected chi connectivity index (χ4v) is 4.24. The maximum absolute atomic E-state index is 13.0. The third-order valence-corrected chi connectivity index (χ3v) is 5.75. The average Bonchev–Trinajstić information content (AvgIpc) is 3.16.